The maximum atomic E-state index is 11.6. The van der Waals surface area contributed by atoms with E-state index in [2.05, 4.69) is 6.07 Å². The van der Waals surface area contributed by atoms with Gasteiger partial charge in [0.1, 0.15) is 11.3 Å². The highest BCUT2D eigenvalue weighted by Gasteiger charge is 2.42. The molecule has 0 radical (unpaired) electrons. The zero-order chi connectivity index (χ0) is 23.0. The van der Waals surface area contributed by atoms with Crippen LogP contribution in [0.5, 0.6) is 5.75 Å². The average Bonchev–Trinajstić information content (AvgIpc) is 2.80. The molecule has 0 saturated heterocycles. The van der Waals surface area contributed by atoms with E-state index in [1.807, 2.05) is 48.5 Å². The monoisotopic (exact) mass is 431 g/mol. The third-order valence-corrected chi connectivity index (χ3v) is 5.87. The van der Waals surface area contributed by atoms with Crippen LogP contribution in [-0.4, -0.2) is 23.2 Å². The lowest BCUT2D eigenvalue weighted by Crippen LogP contribution is -2.55. The van der Waals surface area contributed by atoms with Gasteiger partial charge in [0.25, 0.3) is 0 Å². The predicted molar refractivity (Wildman–Crippen MR) is 125 cm³/mol. The Labute approximate surface area is 188 Å². The number of unbranched alkanes of at least 4 members (excludes halogenated alkanes) is 3. The maximum Gasteiger partial charge on any atom is 0.328 e. The van der Waals surface area contributed by atoms with Crippen LogP contribution >= 0.6 is 0 Å². The minimum atomic E-state index is -1.42. The van der Waals surface area contributed by atoms with Crippen molar-refractivity contribution in [3.8, 4) is 22.9 Å². The van der Waals surface area contributed by atoms with Gasteiger partial charge in [0.15, 0.2) is 0 Å². The van der Waals surface area contributed by atoms with Crippen LogP contribution in [0.2, 0.25) is 0 Å². The Hall–Kier alpha value is -3.56. The average molecular weight is 432 g/mol. The summed E-state index contributed by atoms with van der Waals surface area (Å²) in [6.07, 6.45) is 9.25. The van der Waals surface area contributed by atoms with Crippen molar-refractivity contribution in [2.45, 2.75) is 37.6 Å². The molecule has 6 heteroatoms. The van der Waals surface area contributed by atoms with Crippen molar-refractivity contribution in [1.82, 2.24) is 0 Å². The van der Waals surface area contributed by atoms with Gasteiger partial charge in [-0.05, 0) is 54.3 Å². The number of aliphatic carboxylic acids is 1. The molecule has 0 aromatic heterocycles. The van der Waals surface area contributed by atoms with Crippen LogP contribution in [0.4, 0.5) is 0 Å². The van der Waals surface area contributed by atoms with Gasteiger partial charge in [0.2, 0.25) is 0 Å². The quantitative estimate of drug-likeness (QED) is 0.480. The van der Waals surface area contributed by atoms with E-state index in [4.69, 9.17) is 21.5 Å². The van der Waals surface area contributed by atoms with Crippen molar-refractivity contribution in [3.05, 3.63) is 78.0 Å². The summed E-state index contributed by atoms with van der Waals surface area (Å²) < 4.78 is 5.83. The van der Waals surface area contributed by atoms with E-state index in [1.54, 1.807) is 12.2 Å². The molecule has 6 nitrogen and oxygen atoms in total. The van der Waals surface area contributed by atoms with E-state index >= 15 is 0 Å². The maximum absolute atomic E-state index is 11.6. The Balaban J connectivity index is 1.37. The van der Waals surface area contributed by atoms with Crippen LogP contribution in [0.25, 0.3) is 11.1 Å². The van der Waals surface area contributed by atoms with Crippen LogP contribution in [0.3, 0.4) is 0 Å². The number of nitriles is 1. The summed E-state index contributed by atoms with van der Waals surface area (Å²) in [4.78, 5) is 11.6. The fourth-order valence-corrected chi connectivity index (χ4v) is 3.93. The van der Waals surface area contributed by atoms with Crippen molar-refractivity contribution >= 4 is 5.97 Å². The first-order valence-corrected chi connectivity index (χ1v) is 10.8. The molecule has 3 rings (SSSR count). The van der Waals surface area contributed by atoms with E-state index in [9.17, 15) is 9.90 Å². The van der Waals surface area contributed by atoms with Gasteiger partial charge in [0.05, 0.1) is 18.2 Å². The molecule has 0 heterocycles. The van der Waals surface area contributed by atoms with Crippen LogP contribution in [0.1, 0.15) is 37.7 Å². The van der Waals surface area contributed by atoms with Crippen LogP contribution in [-0.2, 0) is 4.79 Å². The molecule has 2 atom stereocenters. The smallest absolute Gasteiger partial charge is 0.328 e. The molecule has 0 spiro atoms. The SMILES string of the molecule is N#Cc1ccc(-c2ccc(OCCCCCCC3C(N)=CC=CC3(N)C(=O)O)cc2)cc1. The Morgan fingerprint density at radius 2 is 1.66 bits per heavy atom. The predicted octanol–water partition coefficient (Wildman–Crippen LogP) is 4.37. The van der Waals surface area contributed by atoms with Crippen molar-refractivity contribution in [2.75, 3.05) is 6.61 Å². The Morgan fingerprint density at radius 3 is 2.28 bits per heavy atom. The summed E-state index contributed by atoms with van der Waals surface area (Å²) in [6, 6.07) is 17.5. The van der Waals surface area contributed by atoms with Gasteiger partial charge in [-0.25, -0.2) is 4.79 Å². The van der Waals surface area contributed by atoms with E-state index in [0.717, 1.165) is 42.6 Å². The van der Waals surface area contributed by atoms with Gasteiger partial charge >= 0.3 is 5.97 Å². The second-order valence-electron chi connectivity index (χ2n) is 8.08. The number of nitrogens with zero attached hydrogens (tertiary/aromatic N) is 1. The molecule has 2 unspecified atom stereocenters. The number of rotatable bonds is 10. The number of allylic oxidation sites excluding steroid dienone is 2. The third-order valence-electron chi connectivity index (χ3n) is 5.87. The summed E-state index contributed by atoms with van der Waals surface area (Å²) in [5.74, 6) is -0.604. The molecule has 0 amide bonds. The van der Waals surface area contributed by atoms with Gasteiger partial charge in [-0.1, -0.05) is 55.7 Å². The second-order valence-corrected chi connectivity index (χ2v) is 8.08. The van der Waals surface area contributed by atoms with Gasteiger partial charge < -0.3 is 21.3 Å². The molecular formula is C26H29N3O3. The molecule has 0 saturated carbocycles. The molecule has 0 bridgehead atoms. The number of hydrogen-bond donors (Lipinski definition) is 3. The molecule has 5 N–H and O–H groups in total. The van der Waals surface area contributed by atoms with Crippen molar-refractivity contribution in [3.63, 3.8) is 0 Å². The Kier molecular flexibility index (Phi) is 7.69. The number of carbonyl (C=O) groups is 1. The minimum absolute atomic E-state index is 0.379. The van der Waals surface area contributed by atoms with E-state index in [0.29, 0.717) is 24.3 Å². The van der Waals surface area contributed by atoms with E-state index in [1.165, 1.54) is 6.08 Å². The lowest BCUT2D eigenvalue weighted by molar-refractivity contribution is -0.143. The van der Waals surface area contributed by atoms with Crippen LogP contribution in [0, 0.1) is 17.2 Å². The number of carboxylic acids is 1. The van der Waals surface area contributed by atoms with Gasteiger partial charge in [-0.2, -0.15) is 5.26 Å². The highest BCUT2D eigenvalue weighted by Crippen LogP contribution is 2.31. The Bertz CT molecular complexity index is 1020. The minimum Gasteiger partial charge on any atom is -0.494 e. The van der Waals surface area contributed by atoms with Crippen LogP contribution < -0.4 is 16.2 Å². The number of hydrogen-bond acceptors (Lipinski definition) is 5. The van der Waals surface area contributed by atoms with Gasteiger partial charge in [-0.15, -0.1) is 0 Å². The largest absolute Gasteiger partial charge is 0.494 e. The van der Waals surface area contributed by atoms with Crippen molar-refractivity contribution < 1.29 is 14.6 Å². The molecular weight excluding hydrogens is 402 g/mol. The number of carboxylic acid groups (broad SMARTS) is 1. The number of ether oxygens (including phenoxy) is 1. The number of benzene rings is 2. The molecule has 1 aliphatic carbocycles. The molecule has 0 aliphatic heterocycles. The molecule has 32 heavy (non-hydrogen) atoms. The topological polar surface area (TPSA) is 122 Å². The van der Waals surface area contributed by atoms with Crippen molar-refractivity contribution in [2.24, 2.45) is 17.4 Å². The standard InChI is InChI=1S/C26H29N3O3/c27-18-19-8-10-20(11-9-19)21-12-14-22(15-13-21)32-17-4-2-1-3-6-23-24(28)7-5-16-26(23,29)25(30)31/h5,7-16,23H,1-4,6,17,28-29H2,(H,30,31). The summed E-state index contributed by atoms with van der Waals surface area (Å²) in [5, 5.41) is 18.4. The molecule has 166 valence electrons. The molecule has 2 aromatic rings. The summed E-state index contributed by atoms with van der Waals surface area (Å²) in [5.41, 5.74) is 14.0. The first-order chi connectivity index (χ1) is 15.4. The molecule has 0 fully saturated rings. The summed E-state index contributed by atoms with van der Waals surface area (Å²) in [6.45, 7) is 0.625. The van der Waals surface area contributed by atoms with Crippen LogP contribution in [0.15, 0.2) is 72.5 Å². The highest BCUT2D eigenvalue weighted by molar-refractivity contribution is 5.83. The lowest BCUT2D eigenvalue weighted by atomic mass is 9.76. The number of nitrogens with two attached hydrogens (primary N) is 2. The second kappa shape index (κ2) is 10.7. The highest BCUT2D eigenvalue weighted by atomic mass is 16.5. The van der Waals surface area contributed by atoms with Gasteiger partial charge in [-0.3, -0.25) is 0 Å². The first kappa shape index (κ1) is 23.1. The Morgan fingerprint density at radius 1 is 1.03 bits per heavy atom. The zero-order valence-corrected chi connectivity index (χ0v) is 18.0. The van der Waals surface area contributed by atoms with E-state index in [-0.39, 0.29) is 5.92 Å². The summed E-state index contributed by atoms with van der Waals surface area (Å²) >= 11 is 0. The van der Waals surface area contributed by atoms with Gasteiger partial charge in [0, 0.05) is 11.6 Å². The first-order valence-electron chi connectivity index (χ1n) is 10.8. The molecule has 2 aromatic carbocycles. The summed E-state index contributed by atoms with van der Waals surface area (Å²) in [7, 11) is 0. The fourth-order valence-electron chi connectivity index (χ4n) is 3.93. The lowest BCUT2D eigenvalue weighted by Gasteiger charge is -2.33. The normalized spacial score (nSPS) is 19.8. The molecule has 1 aliphatic rings. The zero-order valence-electron chi connectivity index (χ0n) is 18.0. The third kappa shape index (κ3) is 5.57. The van der Waals surface area contributed by atoms with E-state index < -0.39 is 11.5 Å². The van der Waals surface area contributed by atoms with Crippen molar-refractivity contribution in [1.29, 1.82) is 5.26 Å². The fraction of sp³-hybridized carbons (Fsp3) is 0.308.